The first-order valence-corrected chi connectivity index (χ1v) is 8.01. The predicted molar refractivity (Wildman–Crippen MR) is 85.7 cm³/mol. The number of likely N-dealkylation sites (N-methyl/N-ethyl adjacent to an activating group) is 1. The summed E-state index contributed by atoms with van der Waals surface area (Å²) in [7, 11) is 3.94. The fourth-order valence-corrected chi connectivity index (χ4v) is 3.94. The lowest BCUT2D eigenvalue weighted by Gasteiger charge is -2.50. The van der Waals surface area contributed by atoms with E-state index in [0.29, 0.717) is 6.54 Å². The predicted octanol–water partition coefficient (Wildman–Crippen LogP) is 1.43. The number of benzene rings is 1. The van der Waals surface area contributed by atoms with Crippen LogP contribution in [0.15, 0.2) is 18.2 Å². The number of hydrogen-bond acceptors (Lipinski definition) is 4. The van der Waals surface area contributed by atoms with E-state index in [0.717, 1.165) is 44.8 Å². The second-order valence-electron chi connectivity index (χ2n) is 6.40. The van der Waals surface area contributed by atoms with Crippen LogP contribution in [0.5, 0.6) is 5.75 Å². The van der Waals surface area contributed by atoms with E-state index < -0.39 is 0 Å². The molecule has 2 aliphatic rings. The summed E-state index contributed by atoms with van der Waals surface area (Å²) in [5.41, 5.74) is 9.17. The fraction of sp³-hybridized carbons (Fsp3) is 0.647. The number of hydrogen-bond donors (Lipinski definition) is 1. The van der Waals surface area contributed by atoms with Crippen LogP contribution in [0.4, 0.5) is 0 Å². The third-order valence-corrected chi connectivity index (χ3v) is 5.30. The van der Waals surface area contributed by atoms with E-state index in [-0.39, 0.29) is 5.54 Å². The largest absolute Gasteiger partial charge is 0.497 e. The van der Waals surface area contributed by atoms with Crippen molar-refractivity contribution in [1.82, 2.24) is 9.80 Å². The van der Waals surface area contributed by atoms with Crippen molar-refractivity contribution in [1.29, 1.82) is 0 Å². The van der Waals surface area contributed by atoms with Crippen molar-refractivity contribution in [2.75, 3.05) is 46.9 Å². The van der Waals surface area contributed by atoms with Crippen LogP contribution in [-0.2, 0) is 12.0 Å². The van der Waals surface area contributed by atoms with Gasteiger partial charge in [0, 0.05) is 32.7 Å². The monoisotopic (exact) mass is 289 g/mol. The van der Waals surface area contributed by atoms with Gasteiger partial charge in [-0.25, -0.2) is 0 Å². The first-order chi connectivity index (χ1) is 10.2. The van der Waals surface area contributed by atoms with Crippen LogP contribution in [-0.4, -0.2) is 56.7 Å². The summed E-state index contributed by atoms with van der Waals surface area (Å²) in [6.07, 6.45) is 3.55. The summed E-state index contributed by atoms with van der Waals surface area (Å²) >= 11 is 0. The molecule has 1 saturated heterocycles. The van der Waals surface area contributed by atoms with Gasteiger partial charge in [-0.05, 0) is 49.6 Å². The molecular weight excluding hydrogens is 262 g/mol. The Kier molecular flexibility index (Phi) is 4.20. The molecule has 0 amide bonds. The van der Waals surface area contributed by atoms with Crippen LogP contribution < -0.4 is 10.5 Å². The fourth-order valence-electron chi connectivity index (χ4n) is 3.94. The van der Waals surface area contributed by atoms with Gasteiger partial charge in [0.05, 0.1) is 12.6 Å². The van der Waals surface area contributed by atoms with Crippen molar-refractivity contribution in [2.45, 2.75) is 24.8 Å². The van der Waals surface area contributed by atoms with Crippen molar-refractivity contribution >= 4 is 0 Å². The lowest BCUT2D eigenvalue weighted by molar-refractivity contribution is 0.0298. The van der Waals surface area contributed by atoms with Gasteiger partial charge in [0.15, 0.2) is 0 Å². The zero-order valence-electron chi connectivity index (χ0n) is 13.3. The van der Waals surface area contributed by atoms with E-state index in [1.165, 1.54) is 17.5 Å². The molecule has 4 heteroatoms. The Hall–Kier alpha value is -1.10. The molecule has 0 spiro atoms. The number of methoxy groups -OCH3 is 1. The number of fused-ring (bicyclic) bond motifs is 1. The Morgan fingerprint density at radius 3 is 2.67 bits per heavy atom. The average Bonchev–Trinajstić information content (AvgIpc) is 2.54. The summed E-state index contributed by atoms with van der Waals surface area (Å²) in [6.45, 7) is 5.15. The average molecular weight is 289 g/mol. The molecule has 0 saturated carbocycles. The zero-order valence-corrected chi connectivity index (χ0v) is 13.3. The molecule has 3 rings (SSSR count). The van der Waals surface area contributed by atoms with Crippen LogP contribution in [0.25, 0.3) is 0 Å². The lowest BCUT2D eigenvalue weighted by Crippen LogP contribution is -2.58. The molecule has 116 valence electrons. The molecule has 1 aliphatic heterocycles. The second kappa shape index (κ2) is 5.95. The Morgan fingerprint density at radius 1 is 1.24 bits per heavy atom. The molecule has 1 unspecified atom stereocenters. The second-order valence-corrected chi connectivity index (χ2v) is 6.40. The van der Waals surface area contributed by atoms with Gasteiger partial charge in [0.1, 0.15) is 5.75 Å². The molecule has 1 aromatic rings. The minimum Gasteiger partial charge on any atom is -0.497 e. The number of nitrogens with zero attached hydrogens (tertiary/aromatic N) is 2. The number of ether oxygens (including phenoxy) is 1. The zero-order chi connectivity index (χ0) is 14.9. The van der Waals surface area contributed by atoms with E-state index >= 15 is 0 Å². The van der Waals surface area contributed by atoms with Crippen molar-refractivity contribution in [3.05, 3.63) is 29.3 Å². The summed E-state index contributed by atoms with van der Waals surface area (Å²) in [5, 5.41) is 0. The Bertz CT molecular complexity index is 497. The van der Waals surface area contributed by atoms with Crippen LogP contribution in [0.1, 0.15) is 24.0 Å². The molecule has 0 radical (unpaired) electrons. The number of piperazine rings is 1. The molecule has 21 heavy (non-hydrogen) atoms. The quantitative estimate of drug-likeness (QED) is 0.914. The first kappa shape index (κ1) is 14.8. The third kappa shape index (κ3) is 2.56. The lowest BCUT2D eigenvalue weighted by atomic mass is 9.75. The highest BCUT2D eigenvalue weighted by molar-refractivity contribution is 5.42. The minimum atomic E-state index is 0.00336. The molecule has 1 heterocycles. The molecule has 0 bridgehead atoms. The highest BCUT2D eigenvalue weighted by Gasteiger charge is 2.41. The Morgan fingerprint density at radius 2 is 2.00 bits per heavy atom. The standard InChI is InChI=1S/C17H27N3O/c1-19-8-10-20(11-9-19)17(13-18)7-3-4-14-5-6-15(21-2)12-16(14)17/h5-6,12H,3-4,7-11,13,18H2,1-2H3. The van der Waals surface area contributed by atoms with Crippen LogP contribution in [0, 0.1) is 0 Å². The molecule has 1 aromatic carbocycles. The van der Waals surface area contributed by atoms with E-state index in [1.54, 1.807) is 7.11 Å². The third-order valence-electron chi connectivity index (χ3n) is 5.30. The van der Waals surface area contributed by atoms with Crippen LogP contribution in [0.2, 0.25) is 0 Å². The van der Waals surface area contributed by atoms with Crippen LogP contribution in [0.3, 0.4) is 0 Å². The molecule has 1 fully saturated rings. The maximum absolute atomic E-state index is 6.31. The van der Waals surface area contributed by atoms with E-state index in [9.17, 15) is 0 Å². The highest BCUT2D eigenvalue weighted by Crippen LogP contribution is 2.41. The SMILES string of the molecule is COc1ccc2c(c1)C(CN)(N1CCN(C)CC1)CCC2. The van der Waals surface area contributed by atoms with Gasteiger partial charge in [0.2, 0.25) is 0 Å². The normalized spacial score (nSPS) is 27.4. The molecule has 1 aliphatic carbocycles. The van der Waals surface area contributed by atoms with Crippen LogP contribution >= 0.6 is 0 Å². The van der Waals surface area contributed by atoms with Crippen molar-refractivity contribution in [3.63, 3.8) is 0 Å². The molecular formula is C17H27N3O. The number of rotatable bonds is 3. The molecule has 1 atom stereocenters. The summed E-state index contributed by atoms with van der Waals surface area (Å²) in [5.74, 6) is 0.947. The van der Waals surface area contributed by atoms with E-state index in [1.807, 2.05) is 0 Å². The molecule has 4 nitrogen and oxygen atoms in total. The smallest absolute Gasteiger partial charge is 0.119 e. The molecule has 2 N–H and O–H groups in total. The Labute approximate surface area is 127 Å². The summed E-state index contributed by atoms with van der Waals surface area (Å²) in [4.78, 5) is 5.01. The first-order valence-electron chi connectivity index (χ1n) is 8.01. The summed E-state index contributed by atoms with van der Waals surface area (Å²) in [6, 6.07) is 6.53. The van der Waals surface area contributed by atoms with Gasteiger partial charge < -0.3 is 15.4 Å². The number of aryl methyl sites for hydroxylation is 1. The van der Waals surface area contributed by atoms with Gasteiger partial charge in [-0.1, -0.05) is 6.07 Å². The van der Waals surface area contributed by atoms with Crippen molar-refractivity contribution < 1.29 is 4.74 Å². The summed E-state index contributed by atoms with van der Waals surface area (Å²) < 4.78 is 5.45. The number of nitrogens with two attached hydrogens (primary N) is 1. The van der Waals surface area contributed by atoms with E-state index in [2.05, 4.69) is 35.0 Å². The maximum atomic E-state index is 6.31. The van der Waals surface area contributed by atoms with Gasteiger partial charge in [-0.2, -0.15) is 0 Å². The van der Waals surface area contributed by atoms with Gasteiger partial charge in [-0.3, -0.25) is 4.90 Å². The molecule has 0 aromatic heterocycles. The van der Waals surface area contributed by atoms with Crippen molar-refractivity contribution in [2.24, 2.45) is 5.73 Å². The Balaban J connectivity index is 1.99. The topological polar surface area (TPSA) is 41.7 Å². The maximum Gasteiger partial charge on any atom is 0.119 e. The van der Waals surface area contributed by atoms with E-state index in [4.69, 9.17) is 10.5 Å². The minimum absolute atomic E-state index is 0.00336. The van der Waals surface area contributed by atoms with Gasteiger partial charge in [-0.15, -0.1) is 0 Å². The van der Waals surface area contributed by atoms with Gasteiger partial charge >= 0.3 is 0 Å². The van der Waals surface area contributed by atoms with Crippen molar-refractivity contribution in [3.8, 4) is 5.75 Å². The van der Waals surface area contributed by atoms with Gasteiger partial charge in [0.25, 0.3) is 0 Å². The highest BCUT2D eigenvalue weighted by atomic mass is 16.5.